The van der Waals surface area contributed by atoms with Gasteiger partial charge in [0.25, 0.3) is 0 Å². The lowest BCUT2D eigenvalue weighted by Gasteiger charge is -2.11. The van der Waals surface area contributed by atoms with Crippen LogP contribution in [-0.2, 0) is 4.74 Å². The SMILES string of the molecule is COCC(O)CCNC(=O)NCC(F)(F)F. The van der Waals surface area contributed by atoms with Gasteiger partial charge in [-0.05, 0) is 6.42 Å². The molecule has 0 rings (SSSR count). The minimum atomic E-state index is -4.42. The number of hydrogen-bond donors (Lipinski definition) is 3. The number of ether oxygens (including phenoxy) is 1. The van der Waals surface area contributed by atoms with Gasteiger partial charge in [0.1, 0.15) is 6.54 Å². The van der Waals surface area contributed by atoms with Gasteiger partial charge in [0, 0.05) is 13.7 Å². The second kappa shape index (κ2) is 7.29. The predicted molar refractivity (Wildman–Crippen MR) is 50.0 cm³/mol. The van der Waals surface area contributed by atoms with Crippen LogP contribution in [0.3, 0.4) is 0 Å². The van der Waals surface area contributed by atoms with Crippen LogP contribution < -0.4 is 10.6 Å². The molecular weight excluding hydrogens is 229 g/mol. The molecule has 8 heteroatoms. The molecule has 16 heavy (non-hydrogen) atoms. The number of aliphatic hydroxyl groups excluding tert-OH is 1. The zero-order valence-corrected chi connectivity index (χ0v) is 8.80. The van der Waals surface area contributed by atoms with Crippen LogP contribution in [0.25, 0.3) is 0 Å². The molecular formula is C8H15F3N2O3. The Kier molecular flexibility index (Phi) is 6.82. The van der Waals surface area contributed by atoms with Crippen molar-refractivity contribution in [2.45, 2.75) is 18.7 Å². The van der Waals surface area contributed by atoms with E-state index in [0.717, 1.165) is 0 Å². The summed E-state index contributed by atoms with van der Waals surface area (Å²) in [5.74, 6) is 0. The van der Waals surface area contributed by atoms with Crippen molar-refractivity contribution >= 4 is 6.03 Å². The number of rotatable bonds is 6. The monoisotopic (exact) mass is 244 g/mol. The lowest BCUT2D eigenvalue weighted by atomic mass is 10.3. The molecule has 0 aliphatic heterocycles. The molecule has 0 heterocycles. The Balaban J connectivity index is 3.51. The van der Waals surface area contributed by atoms with Crippen LogP contribution in [0.5, 0.6) is 0 Å². The minimum absolute atomic E-state index is 0.0776. The maximum atomic E-state index is 11.7. The molecule has 0 aromatic heterocycles. The van der Waals surface area contributed by atoms with E-state index in [2.05, 4.69) is 10.1 Å². The van der Waals surface area contributed by atoms with Gasteiger partial charge in [-0.1, -0.05) is 0 Å². The van der Waals surface area contributed by atoms with Crippen molar-refractivity contribution in [1.29, 1.82) is 0 Å². The third-order valence-corrected chi connectivity index (χ3v) is 1.57. The third kappa shape index (κ3) is 9.53. The van der Waals surface area contributed by atoms with Gasteiger partial charge in [0.2, 0.25) is 0 Å². The fraction of sp³-hybridized carbons (Fsp3) is 0.875. The van der Waals surface area contributed by atoms with Gasteiger partial charge < -0.3 is 20.5 Å². The topological polar surface area (TPSA) is 70.6 Å². The lowest BCUT2D eigenvalue weighted by Crippen LogP contribution is -2.41. The number of carbonyl (C=O) groups is 1. The quantitative estimate of drug-likeness (QED) is 0.627. The highest BCUT2D eigenvalue weighted by Crippen LogP contribution is 2.11. The minimum Gasteiger partial charge on any atom is -0.391 e. The summed E-state index contributed by atoms with van der Waals surface area (Å²) in [6.07, 6.45) is -4.95. The summed E-state index contributed by atoms with van der Waals surface area (Å²) in [5.41, 5.74) is 0. The summed E-state index contributed by atoms with van der Waals surface area (Å²) >= 11 is 0. The van der Waals surface area contributed by atoms with Crippen LogP contribution in [0.1, 0.15) is 6.42 Å². The zero-order valence-electron chi connectivity index (χ0n) is 8.80. The largest absolute Gasteiger partial charge is 0.405 e. The summed E-state index contributed by atoms with van der Waals surface area (Å²) in [5, 5.41) is 13.0. The smallest absolute Gasteiger partial charge is 0.391 e. The standard InChI is InChI=1S/C8H15F3N2O3/c1-16-4-6(14)2-3-12-7(15)13-5-8(9,10)11/h6,14H,2-5H2,1H3,(H2,12,13,15). The molecule has 0 saturated carbocycles. The normalized spacial score (nSPS) is 13.3. The third-order valence-electron chi connectivity index (χ3n) is 1.57. The fourth-order valence-electron chi connectivity index (χ4n) is 0.871. The van der Waals surface area contributed by atoms with Crippen LogP contribution in [0.4, 0.5) is 18.0 Å². The molecule has 0 saturated heterocycles. The molecule has 1 unspecified atom stereocenters. The summed E-state index contributed by atoms with van der Waals surface area (Å²) in [6.45, 7) is -1.18. The maximum absolute atomic E-state index is 11.7. The van der Waals surface area contributed by atoms with Crippen LogP contribution in [0.15, 0.2) is 0 Å². The van der Waals surface area contributed by atoms with Crippen molar-refractivity contribution in [2.24, 2.45) is 0 Å². The Morgan fingerprint density at radius 1 is 1.44 bits per heavy atom. The van der Waals surface area contributed by atoms with Crippen LogP contribution in [-0.4, -0.2) is 50.2 Å². The molecule has 96 valence electrons. The molecule has 0 spiro atoms. The fourth-order valence-corrected chi connectivity index (χ4v) is 0.871. The van der Waals surface area contributed by atoms with Crippen LogP contribution in [0, 0.1) is 0 Å². The predicted octanol–water partition coefficient (Wildman–Crippen LogP) is 0.245. The van der Waals surface area contributed by atoms with Crippen LogP contribution in [0.2, 0.25) is 0 Å². The molecule has 0 radical (unpaired) electrons. The van der Waals surface area contributed by atoms with E-state index in [4.69, 9.17) is 5.11 Å². The van der Waals surface area contributed by atoms with Crippen LogP contribution >= 0.6 is 0 Å². The van der Waals surface area contributed by atoms with E-state index in [1.165, 1.54) is 7.11 Å². The van der Waals surface area contributed by atoms with Gasteiger partial charge >= 0.3 is 12.2 Å². The molecule has 2 amide bonds. The number of halogens is 3. The summed E-state index contributed by atoms with van der Waals surface area (Å²) in [4.78, 5) is 10.8. The maximum Gasteiger partial charge on any atom is 0.405 e. The molecule has 0 aliphatic rings. The first-order valence-corrected chi connectivity index (χ1v) is 4.60. The Labute approximate surface area is 91.0 Å². The first-order valence-electron chi connectivity index (χ1n) is 4.60. The molecule has 1 atom stereocenters. The highest BCUT2D eigenvalue weighted by Gasteiger charge is 2.27. The molecule has 5 nitrogen and oxygen atoms in total. The number of carbonyl (C=O) groups excluding carboxylic acids is 1. The van der Waals surface area contributed by atoms with E-state index >= 15 is 0 Å². The Hall–Kier alpha value is -1.02. The van der Waals surface area contributed by atoms with E-state index in [0.29, 0.717) is 0 Å². The molecule has 0 aliphatic carbocycles. The molecule has 0 aromatic rings. The van der Waals surface area contributed by atoms with Gasteiger partial charge in [0.15, 0.2) is 0 Å². The van der Waals surface area contributed by atoms with Crippen molar-refractivity contribution in [3.8, 4) is 0 Å². The Bertz CT molecular complexity index is 211. The second-order valence-corrected chi connectivity index (χ2v) is 3.12. The lowest BCUT2D eigenvalue weighted by molar-refractivity contribution is -0.122. The van der Waals surface area contributed by atoms with Crippen molar-refractivity contribution in [1.82, 2.24) is 10.6 Å². The number of urea groups is 1. The van der Waals surface area contributed by atoms with Gasteiger partial charge in [0.05, 0.1) is 12.7 Å². The van der Waals surface area contributed by atoms with E-state index < -0.39 is 24.9 Å². The zero-order chi connectivity index (χ0) is 12.6. The molecule has 3 N–H and O–H groups in total. The number of hydrogen-bond acceptors (Lipinski definition) is 3. The number of nitrogens with one attached hydrogen (secondary N) is 2. The Morgan fingerprint density at radius 2 is 2.06 bits per heavy atom. The molecule has 0 fully saturated rings. The second-order valence-electron chi connectivity index (χ2n) is 3.12. The highest BCUT2D eigenvalue weighted by molar-refractivity contribution is 5.73. The Morgan fingerprint density at radius 3 is 2.56 bits per heavy atom. The molecule has 0 aromatic carbocycles. The number of aliphatic hydroxyl groups is 1. The van der Waals surface area contributed by atoms with Crippen molar-refractivity contribution < 1.29 is 27.8 Å². The van der Waals surface area contributed by atoms with Crippen molar-refractivity contribution in [3.05, 3.63) is 0 Å². The summed E-state index contributed by atoms with van der Waals surface area (Å²) in [6, 6.07) is -0.915. The highest BCUT2D eigenvalue weighted by atomic mass is 19.4. The summed E-state index contributed by atoms with van der Waals surface area (Å²) in [7, 11) is 1.41. The van der Waals surface area contributed by atoms with Gasteiger partial charge in [-0.3, -0.25) is 0 Å². The number of methoxy groups -OCH3 is 1. The first-order chi connectivity index (χ1) is 7.35. The number of alkyl halides is 3. The summed E-state index contributed by atoms with van der Waals surface area (Å²) < 4.78 is 39.6. The first kappa shape index (κ1) is 15.0. The van der Waals surface area contributed by atoms with Gasteiger partial charge in [-0.15, -0.1) is 0 Å². The average Bonchev–Trinajstić information content (AvgIpc) is 2.14. The molecule has 0 bridgehead atoms. The van der Waals surface area contributed by atoms with Gasteiger partial charge in [-0.25, -0.2) is 4.79 Å². The average molecular weight is 244 g/mol. The van der Waals surface area contributed by atoms with E-state index in [1.54, 1.807) is 5.32 Å². The van der Waals surface area contributed by atoms with E-state index in [1.807, 2.05) is 0 Å². The van der Waals surface area contributed by atoms with Gasteiger partial charge in [-0.2, -0.15) is 13.2 Å². The van der Waals surface area contributed by atoms with Crippen molar-refractivity contribution in [3.63, 3.8) is 0 Å². The van der Waals surface area contributed by atoms with Crippen molar-refractivity contribution in [2.75, 3.05) is 26.8 Å². The van der Waals surface area contributed by atoms with E-state index in [-0.39, 0.29) is 19.6 Å². The number of amides is 2. The van der Waals surface area contributed by atoms with E-state index in [9.17, 15) is 18.0 Å².